The fourth-order valence-electron chi connectivity index (χ4n) is 6.44. The van der Waals surface area contributed by atoms with Gasteiger partial charge in [-0.25, -0.2) is 4.79 Å². The molecule has 0 aliphatic carbocycles. The van der Waals surface area contributed by atoms with E-state index < -0.39 is 126 Å². The Labute approximate surface area is 431 Å². The van der Waals surface area contributed by atoms with Crippen molar-refractivity contribution in [3.05, 3.63) is 0 Å². The molecule has 0 aromatic carbocycles. The number of carboxylic acid groups (broad SMARTS) is 1. The topological polar surface area (TPSA) is 445 Å². The third-order valence-corrected chi connectivity index (χ3v) is 11.8. The normalized spacial score (nSPS) is 15.8. The minimum Gasteiger partial charge on any atom is -0.480 e. The molecule has 8 amide bonds. The second kappa shape index (κ2) is 34.2. The van der Waals surface area contributed by atoms with Crippen LogP contribution in [0, 0.1) is 17.8 Å². The number of carbonyl (C=O) groups is 9. The van der Waals surface area contributed by atoms with Crippen LogP contribution in [0.5, 0.6) is 0 Å². The SMILES string of the molecule is CC[C@H](C)[C@H](NC(=O)[C@H](CS)NC(=O)[C@@H](N)CCCN=C(N)N)C(=O)N[C@@H](CS)C(=O)N[C@H](C(=O)N[C@@H](CC(C)C)C(=O)N[C@@H](CCCN=C(N)N)C(=O)N[C@H](C(=O)N[C@@H](CS)C(=O)O)C(C)C)[C@@H](C)O. The molecule has 0 rings (SSSR count). The number of aliphatic hydroxyl groups is 1. The van der Waals surface area contributed by atoms with Crippen molar-refractivity contribution in [2.75, 3.05) is 30.3 Å². The van der Waals surface area contributed by atoms with Crippen molar-refractivity contribution in [2.45, 2.75) is 147 Å². The van der Waals surface area contributed by atoms with E-state index in [1.807, 2.05) is 0 Å². The summed E-state index contributed by atoms with van der Waals surface area (Å²) in [6.07, 6.45) is -0.502. The van der Waals surface area contributed by atoms with Crippen LogP contribution in [0.15, 0.2) is 9.98 Å². The molecule has 0 aliphatic rings. The minimum atomic E-state index is -1.71. The molecule has 0 heterocycles. The van der Waals surface area contributed by atoms with E-state index in [0.29, 0.717) is 12.8 Å². The molecule has 0 aromatic rings. The van der Waals surface area contributed by atoms with Gasteiger partial charge in [-0.3, -0.25) is 48.3 Å². The van der Waals surface area contributed by atoms with Crippen LogP contribution in [-0.2, 0) is 43.2 Å². The minimum absolute atomic E-state index is 0.00101. The van der Waals surface area contributed by atoms with Crippen molar-refractivity contribution in [3.63, 3.8) is 0 Å². The van der Waals surface area contributed by atoms with Crippen LogP contribution in [0.2, 0.25) is 0 Å². The number of amides is 8. The van der Waals surface area contributed by atoms with Crippen LogP contribution < -0.4 is 71.2 Å². The van der Waals surface area contributed by atoms with Gasteiger partial charge in [-0.15, -0.1) is 0 Å². The maximum Gasteiger partial charge on any atom is 0.327 e. The van der Waals surface area contributed by atoms with Crippen molar-refractivity contribution >= 4 is 103 Å². The van der Waals surface area contributed by atoms with Gasteiger partial charge in [0.2, 0.25) is 47.3 Å². The lowest BCUT2D eigenvalue weighted by atomic mass is 9.97. The van der Waals surface area contributed by atoms with Crippen molar-refractivity contribution in [3.8, 4) is 0 Å². The van der Waals surface area contributed by atoms with Gasteiger partial charge in [-0.05, 0) is 56.8 Å². The largest absolute Gasteiger partial charge is 0.480 e. The first-order chi connectivity index (χ1) is 33.1. The highest BCUT2D eigenvalue weighted by atomic mass is 32.1. The highest BCUT2D eigenvalue weighted by Gasteiger charge is 2.37. The highest BCUT2D eigenvalue weighted by Crippen LogP contribution is 2.12. The third-order valence-electron chi connectivity index (χ3n) is 10.8. The Balaban J connectivity index is 6.35. The number of nitrogens with zero attached hydrogens (tertiary/aromatic N) is 2. The Hall–Kier alpha value is -5.26. The molecule has 0 spiro atoms. The standard InChI is InChI=1S/C42H79N15O11S3/c1-8-21(6)30(56-35(62)26(16-69)52-32(59)23(43)11-9-13-48-41(44)45)38(65)53-27(17-70)36(63)57-31(22(7)58)39(66)51-25(15-19(2)3)34(61)50-24(12-10-14-49-42(46)47)33(60)55-29(20(4)5)37(64)54-28(18-71)40(67)68/h19-31,58,69-71H,8-18,43H2,1-7H3,(H,50,61)(H,51,66)(H,52,59)(H,53,65)(H,54,64)(H,55,60)(H,56,62)(H,57,63)(H,67,68)(H4,44,45,48)(H4,46,47,49)/t21-,22+,23-,24-,25-,26-,27-,28-,29-,30-,31-/m0/s1. The molecule has 0 bridgehead atoms. The predicted molar refractivity (Wildman–Crippen MR) is 278 cm³/mol. The number of carbonyl (C=O) groups excluding carboxylic acids is 8. The number of guanidine groups is 2. The molecule has 0 saturated heterocycles. The number of aliphatic imine (C=N–C) groups is 2. The summed E-state index contributed by atoms with van der Waals surface area (Å²) in [6, 6.07) is -11.9. The number of aliphatic carboxylic acids is 1. The van der Waals surface area contributed by atoms with Crippen molar-refractivity contribution in [1.82, 2.24) is 42.5 Å². The van der Waals surface area contributed by atoms with Gasteiger partial charge in [-0.1, -0.05) is 48.0 Å². The van der Waals surface area contributed by atoms with Gasteiger partial charge >= 0.3 is 5.97 Å². The molecule has 29 heteroatoms. The molecule has 0 unspecified atom stereocenters. The number of carboxylic acids is 1. The molecule has 26 nitrogen and oxygen atoms in total. The summed E-state index contributed by atoms with van der Waals surface area (Å²) in [4.78, 5) is 128. The molecular weight excluding hydrogens is 987 g/mol. The van der Waals surface area contributed by atoms with Crippen LogP contribution >= 0.6 is 37.9 Å². The molecule has 20 N–H and O–H groups in total. The molecular formula is C42H79N15O11S3. The van der Waals surface area contributed by atoms with E-state index in [-0.39, 0.29) is 73.9 Å². The fraction of sp³-hybridized carbons (Fsp3) is 0.738. The Morgan fingerprint density at radius 3 is 1.32 bits per heavy atom. The van der Waals surface area contributed by atoms with Crippen LogP contribution in [0.3, 0.4) is 0 Å². The van der Waals surface area contributed by atoms with Gasteiger partial charge in [-0.2, -0.15) is 37.9 Å². The monoisotopic (exact) mass is 1070 g/mol. The van der Waals surface area contributed by atoms with Gasteiger partial charge in [0.25, 0.3) is 0 Å². The Morgan fingerprint density at radius 1 is 0.507 bits per heavy atom. The zero-order valence-electron chi connectivity index (χ0n) is 41.5. The van der Waals surface area contributed by atoms with Crippen LogP contribution in [0.1, 0.15) is 87.0 Å². The van der Waals surface area contributed by atoms with Gasteiger partial charge in [0.15, 0.2) is 11.9 Å². The maximum absolute atomic E-state index is 14.0. The lowest BCUT2D eigenvalue weighted by Gasteiger charge is -2.30. The van der Waals surface area contributed by atoms with Crippen molar-refractivity contribution in [1.29, 1.82) is 0 Å². The van der Waals surface area contributed by atoms with E-state index in [1.165, 1.54) is 6.92 Å². The summed E-state index contributed by atoms with van der Waals surface area (Å²) in [7, 11) is 0. The highest BCUT2D eigenvalue weighted by molar-refractivity contribution is 7.80. The van der Waals surface area contributed by atoms with Gasteiger partial charge < -0.3 is 81.4 Å². The first-order valence-electron chi connectivity index (χ1n) is 23.2. The summed E-state index contributed by atoms with van der Waals surface area (Å²) < 4.78 is 0. The molecule has 0 aromatic heterocycles. The molecule has 0 saturated carbocycles. The average Bonchev–Trinajstić information content (AvgIpc) is 3.29. The van der Waals surface area contributed by atoms with Gasteiger partial charge in [0, 0.05) is 30.3 Å². The number of thiol groups is 3. The quantitative estimate of drug-likeness (QED) is 0.0125. The molecule has 0 radical (unpaired) electrons. The van der Waals surface area contributed by atoms with E-state index in [1.54, 1.807) is 41.5 Å². The number of hydrogen-bond acceptors (Lipinski definition) is 16. The summed E-state index contributed by atoms with van der Waals surface area (Å²) in [5, 5.41) is 40.3. The van der Waals surface area contributed by atoms with E-state index in [9.17, 15) is 53.4 Å². The lowest BCUT2D eigenvalue weighted by molar-refractivity contribution is -0.142. The third kappa shape index (κ3) is 25.1. The maximum atomic E-state index is 14.0. The number of nitrogens with one attached hydrogen (secondary N) is 8. The van der Waals surface area contributed by atoms with E-state index >= 15 is 0 Å². The Morgan fingerprint density at radius 2 is 0.887 bits per heavy atom. The summed E-state index contributed by atoms with van der Waals surface area (Å²) in [5.74, 6) is -10.4. The first-order valence-corrected chi connectivity index (χ1v) is 25.1. The van der Waals surface area contributed by atoms with Crippen LogP contribution in [-0.4, -0.2) is 166 Å². The smallest absolute Gasteiger partial charge is 0.327 e. The summed E-state index contributed by atoms with van der Waals surface area (Å²) in [6.45, 7) is 11.6. The summed E-state index contributed by atoms with van der Waals surface area (Å²) in [5.41, 5.74) is 27.5. The Kier molecular flexibility index (Phi) is 31.6. The molecule has 71 heavy (non-hydrogen) atoms. The van der Waals surface area contributed by atoms with E-state index in [0.717, 1.165) is 0 Å². The predicted octanol–water partition coefficient (Wildman–Crippen LogP) is -4.70. The fourth-order valence-corrected chi connectivity index (χ4v) is 7.20. The van der Waals surface area contributed by atoms with Crippen LogP contribution in [0.25, 0.3) is 0 Å². The van der Waals surface area contributed by atoms with E-state index in [2.05, 4.69) is 90.4 Å². The number of rotatable bonds is 34. The van der Waals surface area contributed by atoms with Gasteiger partial charge in [0.1, 0.15) is 48.3 Å². The second-order valence-corrected chi connectivity index (χ2v) is 18.7. The van der Waals surface area contributed by atoms with Gasteiger partial charge in [0.05, 0.1) is 12.1 Å². The zero-order chi connectivity index (χ0) is 54.7. The van der Waals surface area contributed by atoms with Crippen LogP contribution in [0.4, 0.5) is 0 Å². The average molecular weight is 1070 g/mol. The molecule has 0 fully saturated rings. The number of nitrogens with two attached hydrogens (primary N) is 5. The summed E-state index contributed by atoms with van der Waals surface area (Å²) >= 11 is 12.4. The first kappa shape index (κ1) is 65.7. The lowest BCUT2D eigenvalue weighted by Crippen LogP contribution is -2.63. The van der Waals surface area contributed by atoms with Crippen molar-refractivity contribution < 1.29 is 53.4 Å². The zero-order valence-corrected chi connectivity index (χ0v) is 44.2. The molecule has 11 atom stereocenters. The van der Waals surface area contributed by atoms with E-state index in [4.69, 9.17) is 28.7 Å². The molecule has 0 aliphatic heterocycles. The number of hydrogen-bond donors (Lipinski definition) is 18. The Bertz CT molecular complexity index is 1840. The number of aliphatic hydroxyl groups excluding tert-OH is 1. The molecule has 406 valence electrons. The van der Waals surface area contributed by atoms with Crippen molar-refractivity contribution in [2.24, 2.45) is 56.4 Å². The second-order valence-electron chi connectivity index (χ2n) is 17.7.